The summed E-state index contributed by atoms with van der Waals surface area (Å²) < 4.78 is 37.5. The van der Waals surface area contributed by atoms with Crippen molar-refractivity contribution in [1.82, 2.24) is 9.55 Å². The zero-order chi connectivity index (χ0) is 13.5. The van der Waals surface area contributed by atoms with Crippen LogP contribution in [0.5, 0.6) is 0 Å². The molecule has 98 valence electrons. The lowest BCUT2D eigenvalue weighted by atomic mass is 10.3. The van der Waals surface area contributed by atoms with Crippen LogP contribution >= 0.6 is 23.8 Å². The lowest BCUT2D eigenvalue weighted by Crippen LogP contribution is -2.11. The molecule has 0 saturated heterocycles. The Morgan fingerprint density at radius 1 is 1.50 bits per heavy atom. The molecule has 0 saturated carbocycles. The van der Waals surface area contributed by atoms with Gasteiger partial charge in [-0.2, -0.15) is 0 Å². The van der Waals surface area contributed by atoms with E-state index < -0.39 is 15.7 Å². The molecule has 1 N–H and O–H groups in total. The summed E-state index contributed by atoms with van der Waals surface area (Å²) in [5, 5.41) is -0.0235. The second-order valence-corrected chi connectivity index (χ2v) is 7.05. The van der Waals surface area contributed by atoms with Crippen molar-refractivity contribution in [1.29, 1.82) is 0 Å². The molecule has 0 radical (unpaired) electrons. The number of fused-ring (bicyclic) bond motifs is 1. The van der Waals surface area contributed by atoms with Crippen molar-refractivity contribution in [2.24, 2.45) is 0 Å². The minimum atomic E-state index is -3.09. The molecule has 0 aliphatic heterocycles. The van der Waals surface area contributed by atoms with Gasteiger partial charge in [0.25, 0.3) is 0 Å². The standard InChI is InChI=1S/C10H10ClFN2O2S2/c1-18(15,16)3-2-14-9-4-6(11)7(12)5-8(9)13-10(14)17/h4-5H,2-3H2,1H3,(H,13,17). The third-order valence-corrected chi connectivity index (χ3v) is 4.04. The molecule has 0 spiro atoms. The Morgan fingerprint density at radius 2 is 2.17 bits per heavy atom. The first-order chi connectivity index (χ1) is 8.28. The molecule has 1 aromatic carbocycles. The van der Waals surface area contributed by atoms with E-state index in [1.165, 1.54) is 12.1 Å². The quantitative estimate of drug-likeness (QED) is 0.887. The minimum Gasteiger partial charge on any atom is -0.330 e. The molecule has 0 unspecified atom stereocenters. The molecular weight excluding hydrogens is 299 g/mol. The van der Waals surface area contributed by atoms with Crippen LogP contribution < -0.4 is 0 Å². The number of aryl methyl sites for hydroxylation is 1. The summed E-state index contributed by atoms with van der Waals surface area (Å²) in [5.74, 6) is -0.584. The molecule has 4 nitrogen and oxygen atoms in total. The summed E-state index contributed by atoms with van der Waals surface area (Å²) >= 11 is 10.8. The number of aromatic nitrogens is 2. The maximum atomic E-state index is 13.3. The maximum Gasteiger partial charge on any atom is 0.178 e. The molecule has 0 bridgehead atoms. The van der Waals surface area contributed by atoms with Crippen molar-refractivity contribution in [3.63, 3.8) is 0 Å². The number of aromatic amines is 1. The summed E-state index contributed by atoms with van der Waals surface area (Å²) in [4.78, 5) is 2.82. The third kappa shape index (κ3) is 2.73. The van der Waals surface area contributed by atoms with E-state index in [4.69, 9.17) is 23.8 Å². The number of hydrogen-bond acceptors (Lipinski definition) is 3. The van der Waals surface area contributed by atoms with Gasteiger partial charge < -0.3 is 9.55 Å². The zero-order valence-electron chi connectivity index (χ0n) is 9.41. The second kappa shape index (κ2) is 4.64. The van der Waals surface area contributed by atoms with E-state index in [9.17, 15) is 12.8 Å². The largest absolute Gasteiger partial charge is 0.330 e. The Hall–Kier alpha value is -0.920. The van der Waals surface area contributed by atoms with Crippen LogP contribution in [-0.2, 0) is 16.4 Å². The van der Waals surface area contributed by atoms with E-state index in [1.807, 2.05) is 0 Å². The number of halogens is 2. The molecule has 0 aliphatic carbocycles. The van der Waals surface area contributed by atoms with E-state index in [1.54, 1.807) is 4.57 Å². The fraction of sp³-hybridized carbons (Fsp3) is 0.300. The zero-order valence-corrected chi connectivity index (χ0v) is 11.8. The Kier molecular flexibility index (Phi) is 3.48. The highest BCUT2D eigenvalue weighted by Gasteiger charge is 2.10. The SMILES string of the molecule is CS(=O)(=O)CCn1c(=S)[nH]c2cc(F)c(Cl)cc21. The van der Waals surface area contributed by atoms with Crippen LogP contribution in [0, 0.1) is 10.6 Å². The van der Waals surface area contributed by atoms with Gasteiger partial charge in [-0.1, -0.05) is 11.6 Å². The highest BCUT2D eigenvalue weighted by Crippen LogP contribution is 2.22. The second-order valence-electron chi connectivity index (χ2n) is 4.00. The van der Waals surface area contributed by atoms with Crippen LogP contribution in [0.25, 0.3) is 11.0 Å². The average Bonchev–Trinajstić information content (AvgIpc) is 2.51. The van der Waals surface area contributed by atoms with Gasteiger partial charge in [-0.05, 0) is 18.3 Å². The first-order valence-corrected chi connectivity index (χ1v) is 7.88. The number of nitrogens with one attached hydrogen (secondary N) is 1. The fourth-order valence-corrected chi connectivity index (χ4v) is 2.60. The summed E-state index contributed by atoms with van der Waals surface area (Å²) in [6, 6.07) is 2.67. The van der Waals surface area contributed by atoms with Crippen molar-refractivity contribution in [3.05, 3.63) is 27.7 Å². The molecule has 0 aliphatic rings. The lowest BCUT2D eigenvalue weighted by Gasteiger charge is -2.03. The average molecular weight is 309 g/mol. The van der Waals surface area contributed by atoms with Gasteiger partial charge in [-0.15, -0.1) is 0 Å². The topological polar surface area (TPSA) is 54.9 Å². The molecule has 1 heterocycles. The van der Waals surface area contributed by atoms with Crippen LogP contribution in [0.4, 0.5) is 4.39 Å². The summed E-state index contributed by atoms with van der Waals surface area (Å²) in [7, 11) is -3.09. The first-order valence-electron chi connectivity index (χ1n) is 5.03. The van der Waals surface area contributed by atoms with E-state index in [0.717, 1.165) is 6.26 Å². The smallest absolute Gasteiger partial charge is 0.178 e. The van der Waals surface area contributed by atoms with Gasteiger partial charge in [0.1, 0.15) is 15.7 Å². The van der Waals surface area contributed by atoms with Crippen LogP contribution in [0.1, 0.15) is 0 Å². The van der Waals surface area contributed by atoms with Gasteiger partial charge in [0.15, 0.2) is 4.77 Å². The Bertz CT molecular complexity index is 764. The van der Waals surface area contributed by atoms with Gasteiger partial charge in [-0.3, -0.25) is 0 Å². The molecule has 1 aromatic heterocycles. The predicted molar refractivity (Wildman–Crippen MR) is 71.8 cm³/mol. The highest BCUT2D eigenvalue weighted by molar-refractivity contribution is 7.90. The van der Waals surface area contributed by atoms with Gasteiger partial charge >= 0.3 is 0 Å². The Morgan fingerprint density at radius 3 is 2.78 bits per heavy atom. The predicted octanol–water partition coefficient (Wildman–Crippen LogP) is 2.54. The Balaban J connectivity index is 2.54. The van der Waals surface area contributed by atoms with Gasteiger partial charge in [0.05, 0.1) is 21.8 Å². The molecule has 0 fully saturated rings. The summed E-state index contributed by atoms with van der Waals surface area (Å²) in [5.41, 5.74) is 1.09. The number of sulfone groups is 1. The van der Waals surface area contributed by atoms with Crippen LogP contribution in [0.15, 0.2) is 12.1 Å². The van der Waals surface area contributed by atoms with Gasteiger partial charge in [-0.25, -0.2) is 12.8 Å². The van der Waals surface area contributed by atoms with Crippen molar-refractivity contribution >= 4 is 44.7 Å². The monoisotopic (exact) mass is 308 g/mol. The maximum absolute atomic E-state index is 13.3. The van der Waals surface area contributed by atoms with Crippen molar-refractivity contribution < 1.29 is 12.8 Å². The van der Waals surface area contributed by atoms with Crippen LogP contribution in [0.2, 0.25) is 5.02 Å². The molecule has 8 heteroatoms. The van der Waals surface area contributed by atoms with Crippen molar-refractivity contribution in [2.75, 3.05) is 12.0 Å². The molecule has 2 aromatic rings. The molecule has 2 rings (SSSR count). The highest BCUT2D eigenvalue weighted by atomic mass is 35.5. The van der Waals surface area contributed by atoms with Gasteiger partial charge in [0.2, 0.25) is 0 Å². The van der Waals surface area contributed by atoms with Crippen LogP contribution in [-0.4, -0.2) is 30.0 Å². The van der Waals surface area contributed by atoms with E-state index in [-0.39, 0.29) is 17.3 Å². The summed E-state index contributed by atoms with van der Waals surface area (Å²) in [6.07, 6.45) is 1.15. The van der Waals surface area contributed by atoms with Crippen LogP contribution in [0.3, 0.4) is 0 Å². The fourth-order valence-electron chi connectivity index (χ4n) is 1.63. The number of imidazole rings is 1. The number of rotatable bonds is 3. The molecule has 18 heavy (non-hydrogen) atoms. The normalized spacial score (nSPS) is 12.2. The van der Waals surface area contributed by atoms with E-state index in [2.05, 4.69) is 4.98 Å². The first kappa shape index (κ1) is 13.5. The number of H-pyrrole nitrogens is 1. The van der Waals surface area contributed by atoms with Gasteiger partial charge in [0, 0.05) is 18.9 Å². The number of nitrogens with zero attached hydrogens (tertiary/aromatic N) is 1. The Labute approximate surface area is 113 Å². The minimum absolute atomic E-state index is 0.0235. The van der Waals surface area contributed by atoms with Crippen molar-refractivity contribution in [2.45, 2.75) is 6.54 Å². The van der Waals surface area contributed by atoms with E-state index >= 15 is 0 Å². The lowest BCUT2D eigenvalue weighted by molar-refractivity contribution is 0.595. The van der Waals surface area contributed by atoms with Crippen molar-refractivity contribution in [3.8, 4) is 0 Å². The third-order valence-electron chi connectivity index (χ3n) is 2.50. The molecule has 0 atom stereocenters. The molecular formula is C10H10ClFN2O2S2. The van der Waals surface area contributed by atoms with E-state index in [0.29, 0.717) is 15.8 Å². The molecule has 0 amide bonds. The number of hydrogen-bond donors (Lipinski definition) is 1. The summed E-state index contributed by atoms with van der Waals surface area (Å²) in [6.45, 7) is 0.208. The number of benzene rings is 1.